The number of carbonyl (C=O) groups excluding carboxylic acids is 2. The van der Waals surface area contributed by atoms with Crippen molar-refractivity contribution in [1.82, 2.24) is 5.32 Å². The van der Waals surface area contributed by atoms with Crippen molar-refractivity contribution in [1.29, 1.82) is 5.26 Å². The molecule has 0 radical (unpaired) electrons. The van der Waals surface area contributed by atoms with Crippen molar-refractivity contribution in [2.24, 2.45) is 11.1 Å². The van der Waals surface area contributed by atoms with E-state index in [2.05, 4.69) is 35.3 Å². The summed E-state index contributed by atoms with van der Waals surface area (Å²) >= 11 is 0. The zero-order valence-corrected chi connectivity index (χ0v) is 15.8. The number of primary amides is 1. The van der Waals surface area contributed by atoms with Gasteiger partial charge in [-0.1, -0.05) is 32.0 Å². The Labute approximate surface area is 155 Å². The van der Waals surface area contributed by atoms with Crippen molar-refractivity contribution in [2.45, 2.75) is 52.0 Å². The molecule has 26 heavy (non-hydrogen) atoms. The minimum absolute atomic E-state index is 0.181. The molecule has 1 aromatic rings. The first kappa shape index (κ1) is 19.8. The summed E-state index contributed by atoms with van der Waals surface area (Å²) in [5, 5.41) is 12.6. The van der Waals surface area contributed by atoms with E-state index < -0.39 is 16.9 Å². The number of nitrogens with two attached hydrogens (primary N) is 1. The second kappa shape index (κ2) is 7.77. The summed E-state index contributed by atoms with van der Waals surface area (Å²) in [7, 11) is 0. The Morgan fingerprint density at radius 3 is 2.46 bits per heavy atom. The number of anilines is 1. The molecule has 0 saturated carbocycles. The number of hydrogen-bond donors (Lipinski definition) is 2. The Morgan fingerprint density at radius 2 is 1.92 bits per heavy atom. The molecule has 1 aromatic carbocycles. The molecule has 3 N–H and O–H groups in total. The van der Waals surface area contributed by atoms with Gasteiger partial charge in [0.1, 0.15) is 5.54 Å². The highest BCUT2D eigenvalue weighted by atomic mass is 16.2. The molecule has 1 fully saturated rings. The van der Waals surface area contributed by atoms with E-state index >= 15 is 0 Å². The third-order valence-electron chi connectivity index (χ3n) is 5.31. The molecule has 1 aliphatic heterocycles. The zero-order chi connectivity index (χ0) is 19.4. The molecular weight excluding hydrogens is 328 g/mol. The average molecular weight is 356 g/mol. The van der Waals surface area contributed by atoms with Crippen LogP contribution in [0.5, 0.6) is 0 Å². The molecule has 1 heterocycles. The first-order chi connectivity index (χ1) is 12.2. The van der Waals surface area contributed by atoms with Crippen LogP contribution in [0.1, 0.15) is 45.1 Å². The molecule has 0 aliphatic carbocycles. The van der Waals surface area contributed by atoms with Crippen molar-refractivity contribution in [2.75, 3.05) is 18.0 Å². The summed E-state index contributed by atoms with van der Waals surface area (Å²) < 4.78 is 0. The van der Waals surface area contributed by atoms with Crippen molar-refractivity contribution in [3.05, 3.63) is 29.8 Å². The molecule has 0 unspecified atom stereocenters. The van der Waals surface area contributed by atoms with Gasteiger partial charge in [0, 0.05) is 43.5 Å². The lowest BCUT2D eigenvalue weighted by Crippen LogP contribution is -2.54. The average Bonchev–Trinajstić information content (AvgIpc) is 2.61. The standard InChI is InChI=1S/C20H28N4O2/c1-15-6-4-5-7-16(15)24-12-10-20(14-21,11-13-24)23-17(25)8-9-19(2,3)18(22)26/h4-7H,8-13H2,1-3H3,(H2,22,26)(H,23,25). The van der Waals surface area contributed by atoms with Gasteiger partial charge in [0.05, 0.1) is 6.07 Å². The van der Waals surface area contributed by atoms with Crippen molar-refractivity contribution >= 4 is 17.5 Å². The quantitative estimate of drug-likeness (QED) is 0.816. The van der Waals surface area contributed by atoms with Crippen LogP contribution in [0.3, 0.4) is 0 Å². The van der Waals surface area contributed by atoms with Crippen LogP contribution in [-0.4, -0.2) is 30.4 Å². The molecule has 140 valence electrons. The summed E-state index contributed by atoms with van der Waals surface area (Å²) in [6, 6.07) is 10.5. The first-order valence-corrected chi connectivity index (χ1v) is 9.02. The number of piperidine rings is 1. The number of hydrogen-bond acceptors (Lipinski definition) is 4. The molecule has 0 atom stereocenters. The predicted octanol–water partition coefficient (Wildman–Crippen LogP) is 2.27. The number of carbonyl (C=O) groups is 2. The minimum atomic E-state index is -0.840. The van der Waals surface area contributed by atoms with Crippen LogP contribution in [0.15, 0.2) is 24.3 Å². The third-order valence-corrected chi connectivity index (χ3v) is 5.31. The van der Waals surface area contributed by atoms with E-state index in [0.717, 1.165) is 0 Å². The normalized spacial score (nSPS) is 16.6. The number of nitriles is 1. The third kappa shape index (κ3) is 4.54. The van der Waals surface area contributed by atoms with Crippen molar-refractivity contribution < 1.29 is 9.59 Å². The van der Waals surface area contributed by atoms with Gasteiger partial charge in [0.2, 0.25) is 11.8 Å². The number of para-hydroxylation sites is 1. The van der Waals surface area contributed by atoms with Gasteiger partial charge in [-0.2, -0.15) is 5.26 Å². The Bertz CT molecular complexity index is 713. The van der Waals surface area contributed by atoms with Gasteiger partial charge in [-0.05, 0) is 25.0 Å². The van der Waals surface area contributed by atoms with Crippen LogP contribution >= 0.6 is 0 Å². The number of nitrogens with one attached hydrogen (secondary N) is 1. The van der Waals surface area contributed by atoms with E-state index in [1.54, 1.807) is 13.8 Å². The second-order valence-corrected chi connectivity index (χ2v) is 7.76. The maximum Gasteiger partial charge on any atom is 0.223 e. The van der Waals surface area contributed by atoms with E-state index in [-0.39, 0.29) is 12.3 Å². The highest BCUT2D eigenvalue weighted by Gasteiger charge is 2.37. The fourth-order valence-corrected chi connectivity index (χ4v) is 3.19. The molecule has 1 aliphatic rings. The summed E-state index contributed by atoms with van der Waals surface area (Å²) in [6.45, 7) is 6.95. The number of nitrogens with zero attached hydrogens (tertiary/aromatic N) is 2. The monoisotopic (exact) mass is 356 g/mol. The Hall–Kier alpha value is -2.55. The van der Waals surface area contributed by atoms with Gasteiger partial charge >= 0.3 is 0 Å². The second-order valence-electron chi connectivity index (χ2n) is 7.76. The van der Waals surface area contributed by atoms with Crippen LogP contribution in [0.4, 0.5) is 5.69 Å². The van der Waals surface area contributed by atoms with Crippen LogP contribution in [0.2, 0.25) is 0 Å². The maximum atomic E-state index is 12.3. The Balaban J connectivity index is 1.95. The lowest BCUT2D eigenvalue weighted by Gasteiger charge is -2.39. The van der Waals surface area contributed by atoms with E-state index in [9.17, 15) is 14.9 Å². The van der Waals surface area contributed by atoms with Gasteiger partial charge in [-0.25, -0.2) is 0 Å². The van der Waals surface area contributed by atoms with Crippen LogP contribution in [0, 0.1) is 23.7 Å². The van der Waals surface area contributed by atoms with Crippen LogP contribution < -0.4 is 16.0 Å². The van der Waals surface area contributed by atoms with Crippen molar-refractivity contribution in [3.63, 3.8) is 0 Å². The Kier molecular flexibility index (Phi) is 5.91. The number of benzene rings is 1. The highest BCUT2D eigenvalue weighted by Crippen LogP contribution is 2.28. The maximum absolute atomic E-state index is 12.3. The molecular formula is C20H28N4O2. The number of aryl methyl sites for hydroxylation is 1. The smallest absolute Gasteiger partial charge is 0.223 e. The first-order valence-electron chi connectivity index (χ1n) is 9.02. The fourth-order valence-electron chi connectivity index (χ4n) is 3.19. The lowest BCUT2D eigenvalue weighted by molar-refractivity contribution is -0.127. The number of amides is 2. The van der Waals surface area contributed by atoms with Gasteiger partial charge in [0.15, 0.2) is 0 Å². The van der Waals surface area contributed by atoms with E-state index in [1.165, 1.54) is 11.3 Å². The molecule has 0 bridgehead atoms. The molecule has 6 nitrogen and oxygen atoms in total. The SMILES string of the molecule is Cc1ccccc1N1CCC(C#N)(NC(=O)CCC(C)(C)C(N)=O)CC1. The molecule has 0 spiro atoms. The van der Waals surface area contributed by atoms with Gasteiger partial charge in [0.25, 0.3) is 0 Å². The molecule has 6 heteroatoms. The summed E-state index contributed by atoms with van der Waals surface area (Å²) in [4.78, 5) is 26.0. The lowest BCUT2D eigenvalue weighted by atomic mass is 9.85. The van der Waals surface area contributed by atoms with Gasteiger partial charge in [-0.3, -0.25) is 9.59 Å². The summed E-state index contributed by atoms with van der Waals surface area (Å²) in [6.07, 6.45) is 1.69. The largest absolute Gasteiger partial charge is 0.371 e. The number of rotatable bonds is 6. The van der Waals surface area contributed by atoms with Gasteiger partial charge in [-0.15, -0.1) is 0 Å². The highest BCUT2D eigenvalue weighted by molar-refractivity contribution is 5.82. The predicted molar refractivity (Wildman–Crippen MR) is 101 cm³/mol. The summed E-state index contributed by atoms with van der Waals surface area (Å²) in [5.74, 6) is -0.628. The van der Waals surface area contributed by atoms with E-state index in [4.69, 9.17) is 5.73 Å². The van der Waals surface area contributed by atoms with Crippen LogP contribution in [-0.2, 0) is 9.59 Å². The summed E-state index contributed by atoms with van der Waals surface area (Å²) in [5.41, 5.74) is 6.15. The molecule has 2 amide bonds. The zero-order valence-electron chi connectivity index (χ0n) is 15.8. The molecule has 2 rings (SSSR count). The van der Waals surface area contributed by atoms with E-state index in [0.29, 0.717) is 32.4 Å². The minimum Gasteiger partial charge on any atom is -0.371 e. The Morgan fingerprint density at radius 1 is 1.31 bits per heavy atom. The van der Waals surface area contributed by atoms with Gasteiger partial charge < -0.3 is 16.0 Å². The van der Waals surface area contributed by atoms with E-state index in [1.807, 2.05) is 12.1 Å². The topological polar surface area (TPSA) is 99.2 Å². The molecule has 0 aromatic heterocycles. The molecule has 1 saturated heterocycles. The fraction of sp³-hybridized carbons (Fsp3) is 0.550. The van der Waals surface area contributed by atoms with Crippen LogP contribution in [0.25, 0.3) is 0 Å². The van der Waals surface area contributed by atoms with Crippen molar-refractivity contribution in [3.8, 4) is 6.07 Å².